The SMILES string of the molecule is FC1CCC=CCC1. The minimum absolute atomic E-state index is 0.537. The van der Waals surface area contributed by atoms with E-state index < -0.39 is 6.17 Å². The summed E-state index contributed by atoms with van der Waals surface area (Å²) in [6.07, 6.45) is 6.93. The summed E-state index contributed by atoms with van der Waals surface area (Å²) in [7, 11) is 0. The first kappa shape index (κ1) is 5.80. The van der Waals surface area contributed by atoms with E-state index in [1.807, 2.05) is 0 Å². The highest BCUT2D eigenvalue weighted by Crippen LogP contribution is 2.13. The second-order valence-electron chi connectivity index (χ2n) is 2.22. The van der Waals surface area contributed by atoms with Crippen molar-refractivity contribution in [1.29, 1.82) is 0 Å². The van der Waals surface area contributed by atoms with Gasteiger partial charge in [-0.3, -0.25) is 0 Å². The molecule has 0 spiro atoms. The molecule has 0 fully saturated rings. The van der Waals surface area contributed by atoms with E-state index in [2.05, 4.69) is 12.2 Å². The van der Waals surface area contributed by atoms with E-state index in [1.165, 1.54) is 0 Å². The van der Waals surface area contributed by atoms with Crippen LogP contribution in [0.15, 0.2) is 12.2 Å². The van der Waals surface area contributed by atoms with Gasteiger partial charge in [-0.2, -0.15) is 0 Å². The fraction of sp³-hybridized carbons (Fsp3) is 0.714. The molecule has 46 valence electrons. The first-order valence-corrected chi connectivity index (χ1v) is 3.18. The zero-order valence-corrected chi connectivity index (χ0v) is 4.94. The Bertz CT molecular complexity index is 76.4. The second kappa shape index (κ2) is 2.85. The zero-order chi connectivity index (χ0) is 5.82. The summed E-state index contributed by atoms with van der Waals surface area (Å²) in [5.74, 6) is 0. The van der Waals surface area contributed by atoms with Crippen LogP contribution in [0.2, 0.25) is 0 Å². The number of allylic oxidation sites excluding steroid dienone is 2. The third kappa shape index (κ3) is 1.65. The van der Waals surface area contributed by atoms with Crippen LogP contribution in [0, 0.1) is 0 Å². The minimum atomic E-state index is -0.537. The summed E-state index contributed by atoms with van der Waals surface area (Å²) in [6.45, 7) is 0. The summed E-state index contributed by atoms with van der Waals surface area (Å²) in [5, 5.41) is 0. The number of alkyl halides is 1. The summed E-state index contributed by atoms with van der Waals surface area (Å²) >= 11 is 0. The van der Waals surface area contributed by atoms with Gasteiger partial charge >= 0.3 is 0 Å². The molecule has 0 atom stereocenters. The van der Waals surface area contributed by atoms with E-state index in [0.717, 1.165) is 25.7 Å². The van der Waals surface area contributed by atoms with Crippen LogP contribution in [-0.4, -0.2) is 6.17 Å². The van der Waals surface area contributed by atoms with Crippen LogP contribution in [0.1, 0.15) is 25.7 Å². The van der Waals surface area contributed by atoms with Crippen LogP contribution in [-0.2, 0) is 0 Å². The Kier molecular flexibility index (Phi) is 2.07. The van der Waals surface area contributed by atoms with E-state index >= 15 is 0 Å². The van der Waals surface area contributed by atoms with Crippen molar-refractivity contribution < 1.29 is 4.39 Å². The van der Waals surface area contributed by atoms with Crippen molar-refractivity contribution in [3.05, 3.63) is 12.2 Å². The lowest BCUT2D eigenvalue weighted by Gasteiger charge is -1.98. The van der Waals surface area contributed by atoms with Gasteiger partial charge < -0.3 is 0 Å². The van der Waals surface area contributed by atoms with E-state index in [4.69, 9.17) is 0 Å². The normalized spacial score (nSPS) is 23.1. The number of hydrogen-bond acceptors (Lipinski definition) is 0. The molecule has 1 rings (SSSR count). The molecule has 0 unspecified atom stereocenters. The third-order valence-corrected chi connectivity index (χ3v) is 1.46. The van der Waals surface area contributed by atoms with E-state index in [-0.39, 0.29) is 0 Å². The maximum absolute atomic E-state index is 12.4. The Balaban J connectivity index is 2.28. The predicted molar refractivity (Wildman–Crippen MR) is 32.5 cm³/mol. The van der Waals surface area contributed by atoms with Crippen molar-refractivity contribution in [1.82, 2.24) is 0 Å². The summed E-state index contributed by atoms with van der Waals surface area (Å²) in [5.41, 5.74) is 0. The van der Waals surface area contributed by atoms with Gasteiger partial charge in [-0.05, 0) is 25.7 Å². The highest BCUT2D eigenvalue weighted by Gasteiger charge is 2.05. The first-order valence-electron chi connectivity index (χ1n) is 3.18. The third-order valence-electron chi connectivity index (χ3n) is 1.46. The molecular weight excluding hydrogens is 103 g/mol. The van der Waals surface area contributed by atoms with Crippen LogP contribution in [0.4, 0.5) is 4.39 Å². The van der Waals surface area contributed by atoms with Gasteiger partial charge in [0.2, 0.25) is 0 Å². The molecule has 0 N–H and O–H groups in total. The topological polar surface area (TPSA) is 0 Å². The van der Waals surface area contributed by atoms with Crippen LogP contribution < -0.4 is 0 Å². The van der Waals surface area contributed by atoms with Crippen LogP contribution >= 0.6 is 0 Å². The van der Waals surface area contributed by atoms with E-state index in [9.17, 15) is 4.39 Å². The number of rotatable bonds is 0. The lowest BCUT2D eigenvalue weighted by atomic mass is 10.2. The lowest BCUT2D eigenvalue weighted by Crippen LogP contribution is -1.95. The van der Waals surface area contributed by atoms with Gasteiger partial charge in [-0.15, -0.1) is 0 Å². The van der Waals surface area contributed by atoms with Crippen molar-refractivity contribution in [2.75, 3.05) is 0 Å². The lowest BCUT2D eigenvalue weighted by molar-refractivity contribution is 0.304. The van der Waals surface area contributed by atoms with E-state index in [0.29, 0.717) is 0 Å². The molecule has 0 heterocycles. The first-order chi connectivity index (χ1) is 3.89. The van der Waals surface area contributed by atoms with Gasteiger partial charge in [-0.25, -0.2) is 4.39 Å². The monoisotopic (exact) mass is 114 g/mol. The summed E-state index contributed by atoms with van der Waals surface area (Å²) in [4.78, 5) is 0. The Labute approximate surface area is 49.4 Å². The zero-order valence-electron chi connectivity index (χ0n) is 4.94. The van der Waals surface area contributed by atoms with Crippen LogP contribution in [0.5, 0.6) is 0 Å². The average molecular weight is 114 g/mol. The quantitative estimate of drug-likeness (QED) is 0.424. The van der Waals surface area contributed by atoms with E-state index in [1.54, 1.807) is 0 Å². The summed E-state index contributed by atoms with van der Waals surface area (Å²) < 4.78 is 12.4. The average Bonchev–Trinajstić information content (AvgIpc) is 1.94. The Morgan fingerprint density at radius 3 is 2.12 bits per heavy atom. The molecule has 0 aromatic heterocycles. The number of hydrogen-bond donors (Lipinski definition) is 0. The molecule has 0 amide bonds. The Morgan fingerprint density at radius 2 is 1.62 bits per heavy atom. The molecular formula is C7H11F. The Morgan fingerprint density at radius 1 is 1.12 bits per heavy atom. The van der Waals surface area contributed by atoms with Gasteiger partial charge in [0.05, 0.1) is 0 Å². The van der Waals surface area contributed by atoms with Gasteiger partial charge in [-0.1, -0.05) is 12.2 Å². The molecule has 1 aliphatic carbocycles. The highest BCUT2D eigenvalue weighted by molar-refractivity contribution is 4.86. The molecule has 1 heteroatoms. The molecule has 1 aliphatic rings. The fourth-order valence-corrected chi connectivity index (χ4v) is 0.934. The van der Waals surface area contributed by atoms with Crippen molar-refractivity contribution >= 4 is 0 Å². The van der Waals surface area contributed by atoms with Gasteiger partial charge in [0.1, 0.15) is 6.17 Å². The van der Waals surface area contributed by atoms with Crippen molar-refractivity contribution in [2.45, 2.75) is 31.9 Å². The van der Waals surface area contributed by atoms with Gasteiger partial charge in [0.25, 0.3) is 0 Å². The molecule has 0 bridgehead atoms. The largest absolute Gasteiger partial charge is 0.247 e. The standard InChI is InChI=1S/C7H11F/c8-7-5-3-1-2-4-6-7/h1-2,7H,3-6H2. The highest BCUT2D eigenvalue weighted by atomic mass is 19.1. The molecule has 0 saturated heterocycles. The minimum Gasteiger partial charge on any atom is -0.247 e. The maximum Gasteiger partial charge on any atom is 0.101 e. The van der Waals surface area contributed by atoms with Gasteiger partial charge in [0.15, 0.2) is 0 Å². The van der Waals surface area contributed by atoms with Crippen LogP contribution in [0.25, 0.3) is 0 Å². The number of halogens is 1. The van der Waals surface area contributed by atoms with Crippen molar-refractivity contribution in [3.63, 3.8) is 0 Å². The molecule has 0 saturated carbocycles. The molecule has 0 nitrogen and oxygen atoms in total. The van der Waals surface area contributed by atoms with Crippen molar-refractivity contribution in [2.24, 2.45) is 0 Å². The molecule has 0 radical (unpaired) electrons. The molecule has 0 aliphatic heterocycles. The predicted octanol–water partition coefficient (Wildman–Crippen LogP) is 2.45. The maximum atomic E-state index is 12.4. The fourth-order valence-electron chi connectivity index (χ4n) is 0.934. The van der Waals surface area contributed by atoms with Crippen molar-refractivity contribution in [3.8, 4) is 0 Å². The summed E-state index contributed by atoms with van der Waals surface area (Å²) in [6, 6.07) is 0. The molecule has 0 aromatic carbocycles. The molecule has 0 aromatic rings. The smallest absolute Gasteiger partial charge is 0.101 e. The van der Waals surface area contributed by atoms with Crippen LogP contribution in [0.3, 0.4) is 0 Å². The van der Waals surface area contributed by atoms with Gasteiger partial charge in [0, 0.05) is 0 Å². The molecule has 8 heavy (non-hydrogen) atoms. The Hall–Kier alpha value is -0.330. The second-order valence-corrected chi connectivity index (χ2v) is 2.22.